The fourth-order valence-electron chi connectivity index (χ4n) is 5.03. The molecule has 2 saturated carbocycles. The molecule has 4 heteroatoms. The summed E-state index contributed by atoms with van der Waals surface area (Å²) in [4.78, 5) is 17.8. The number of nitrogens with zero attached hydrogens (tertiary/aromatic N) is 1. The molecule has 0 unspecified atom stereocenters. The van der Waals surface area contributed by atoms with Gasteiger partial charge in [-0.1, -0.05) is 25.1 Å². The maximum atomic E-state index is 13.2. The van der Waals surface area contributed by atoms with Gasteiger partial charge in [-0.2, -0.15) is 0 Å². The van der Waals surface area contributed by atoms with Gasteiger partial charge in [0, 0.05) is 23.5 Å². The Morgan fingerprint density at radius 2 is 1.82 bits per heavy atom. The van der Waals surface area contributed by atoms with E-state index in [1.807, 2.05) is 25.1 Å². The molecule has 0 saturated heterocycles. The molecule has 0 atom stereocenters. The third-order valence-corrected chi connectivity index (χ3v) is 7.33. The predicted octanol–water partition coefficient (Wildman–Crippen LogP) is 6.92. The number of benzene rings is 2. The fourth-order valence-corrected chi connectivity index (χ4v) is 5.03. The summed E-state index contributed by atoms with van der Waals surface area (Å²) in [5, 5.41) is 14.9. The molecule has 2 aliphatic carbocycles. The van der Waals surface area contributed by atoms with Crippen molar-refractivity contribution in [1.82, 2.24) is 4.98 Å². The summed E-state index contributed by atoms with van der Waals surface area (Å²) in [6, 6.07) is 12.4. The van der Waals surface area contributed by atoms with Crippen molar-refractivity contribution in [2.75, 3.05) is 5.32 Å². The first kappa shape index (κ1) is 21.7. The van der Waals surface area contributed by atoms with Gasteiger partial charge in [-0.05, 0) is 91.8 Å². The van der Waals surface area contributed by atoms with E-state index in [1.54, 1.807) is 12.3 Å². The number of allylic oxidation sites excluding steroid dienone is 1. The van der Waals surface area contributed by atoms with Crippen LogP contribution in [0.5, 0.6) is 5.75 Å². The van der Waals surface area contributed by atoms with E-state index in [1.165, 1.54) is 0 Å². The minimum absolute atomic E-state index is 0.147. The molecule has 0 spiro atoms. The molecule has 3 aromatic rings. The highest BCUT2D eigenvalue weighted by Gasteiger charge is 2.33. The lowest BCUT2D eigenvalue weighted by Crippen LogP contribution is -2.26. The summed E-state index contributed by atoms with van der Waals surface area (Å²) in [5.41, 5.74) is 5.61. The summed E-state index contributed by atoms with van der Waals surface area (Å²) in [6.07, 6.45) is 11.0. The van der Waals surface area contributed by atoms with Crippen LogP contribution in [0.25, 0.3) is 22.0 Å². The van der Waals surface area contributed by atoms with Crippen molar-refractivity contribution in [3.05, 3.63) is 66.4 Å². The molecule has 33 heavy (non-hydrogen) atoms. The number of aromatic hydroxyl groups is 1. The van der Waals surface area contributed by atoms with E-state index in [2.05, 4.69) is 35.1 Å². The van der Waals surface area contributed by atoms with Gasteiger partial charge in [-0.15, -0.1) is 6.58 Å². The van der Waals surface area contributed by atoms with Crippen LogP contribution >= 0.6 is 0 Å². The molecular weight excluding hydrogens is 408 g/mol. The van der Waals surface area contributed by atoms with Gasteiger partial charge in [-0.3, -0.25) is 9.78 Å². The largest absolute Gasteiger partial charge is 0.508 e. The normalized spacial score (nSPS) is 20.5. The van der Waals surface area contributed by atoms with Crippen molar-refractivity contribution >= 4 is 22.4 Å². The topological polar surface area (TPSA) is 62.2 Å². The summed E-state index contributed by atoms with van der Waals surface area (Å²) in [5.74, 6) is 1.29. The summed E-state index contributed by atoms with van der Waals surface area (Å²) >= 11 is 0. The molecule has 5 rings (SSSR count). The maximum absolute atomic E-state index is 13.2. The molecule has 0 radical (unpaired) electrons. The molecule has 1 heterocycles. The highest BCUT2D eigenvalue weighted by molar-refractivity contribution is 6.10. The predicted molar refractivity (Wildman–Crippen MR) is 135 cm³/mol. The minimum Gasteiger partial charge on any atom is -0.508 e. The first-order chi connectivity index (χ1) is 16.1. The molecule has 0 amide bonds. The van der Waals surface area contributed by atoms with Gasteiger partial charge < -0.3 is 10.4 Å². The Labute approximate surface area is 195 Å². The molecule has 2 N–H and O–H groups in total. The number of pyridine rings is 1. The van der Waals surface area contributed by atoms with E-state index in [4.69, 9.17) is 0 Å². The van der Waals surface area contributed by atoms with Crippen LogP contribution in [0, 0.1) is 11.8 Å². The van der Waals surface area contributed by atoms with Crippen LogP contribution in [0.2, 0.25) is 0 Å². The van der Waals surface area contributed by atoms with Gasteiger partial charge in [0.25, 0.3) is 0 Å². The van der Waals surface area contributed by atoms with Gasteiger partial charge in [0.05, 0.1) is 16.8 Å². The number of Topliss-reactive ketones (excluding diaryl/α,β-unsaturated/α-hetero) is 1. The molecule has 0 aliphatic heterocycles. The molecule has 4 nitrogen and oxygen atoms in total. The van der Waals surface area contributed by atoms with Crippen LogP contribution in [-0.2, 0) is 6.42 Å². The van der Waals surface area contributed by atoms with E-state index >= 15 is 0 Å². The van der Waals surface area contributed by atoms with Gasteiger partial charge >= 0.3 is 0 Å². The molecule has 2 fully saturated rings. The Kier molecular flexibility index (Phi) is 5.92. The van der Waals surface area contributed by atoms with Crippen LogP contribution in [-0.4, -0.2) is 21.9 Å². The van der Waals surface area contributed by atoms with Gasteiger partial charge in [-0.25, -0.2) is 0 Å². The van der Waals surface area contributed by atoms with E-state index in [0.717, 1.165) is 83.8 Å². The molecule has 0 bridgehead atoms. The standard InChI is InChI=1S/C29H32N2O2/c1-3-18-5-11-23(12-6-18)31-28-24-16-22(21-10-14-27(32)19(4-2)15-21)9-13-26(24)30-17-25(28)29(33)20-7-8-20/h3,9-10,13-18,20,23,32H,1,4-8,11-12H2,2H3,(H,30,31). The number of phenolic OH excluding ortho intramolecular Hbond substituents is 1. The number of nitrogens with one attached hydrogen (secondary N) is 1. The average Bonchev–Trinajstić information content (AvgIpc) is 3.70. The monoisotopic (exact) mass is 440 g/mol. The highest BCUT2D eigenvalue weighted by Crippen LogP contribution is 2.39. The number of phenols is 1. The second-order valence-electron chi connectivity index (χ2n) is 9.61. The first-order valence-corrected chi connectivity index (χ1v) is 12.3. The zero-order valence-electron chi connectivity index (χ0n) is 19.3. The minimum atomic E-state index is 0.147. The zero-order valence-corrected chi connectivity index (χ0v) is 19.3. The van der Waals surface area contributed by atoms with Crippen molar-refractivity contribution < 1.29 is 9.90 Å². The number of rotatable bonds is 7. The second kappa shape index (κ2) is 9.01. The lowest BCUT2D eigenvalue weighted by molar-refractivity contribution is 0.0968. The van der Waals surface area contributed by atoms with Crippen molar-refractivity contribution in [2.45, 2.75) is 57.9 Å². The molecule has 170 valence electrons. The van der Waals surface area contributed by atoms with Gasteiger partial charge in [0.2, 0.25) is 0 Å². The van der Waals surface area contributed by atoms with Crippen LogP contribution in [0.3, 0.4) is 0 Å². The summed E-state index contributed by atoms with van der Waals surface area (Å²) in [6.45, 7) is 6.01. The van der Waals surface area contributed by atoms with Gasteiger partial charge in [0.1, 0.15) is 5.75 Å². The number of hydrogen-bond donors (Lipinski definition) is 2. The number of carbonyl (C=O) groups is 1. The van der Waals surface area contributed by atoms with Crippen molar-refractivity contribution in [2.24, 2.45) is 11.8 Å². The van der Waals surface area contributed by atoms with E-state index in [0.29, 0.717) is 17.7 Å². The number of hydrogen-bond acceptors (Lipinski definition) is 4. The second-order valence-corrected chi connectivity index (χ2v) is 9.61. The zero-order chi connectivity index (χ0) is 22.9. The quantitative estimate of drug-likeness (QED) is 0.309. The van der Waals surface area contributed by atoms with Crippen molar-refractivity contribution in [1.29, 1.82) is 0 Å². The first-order valence-electron chi connectivity index (χ1n) is 12.3. The molecule has 2 aliphatic rings. The van der Waals surface area contributed by atoms with Crippen molar-refractivity contribution in [3.63, 3.8) is 0 Å². The maximum Gasteiger partial charge on any atom is 0.169 e. The van der Waals surface area contributed by atoms with E-state index in [9.17, 15) is 9.90 Å². The fraction of sp³-hybridized carbons (Fsp3) is 0.379. The Balaban J connectivity index is 1.58. The third kappa shape index (κ3) is 4.39. The van der Waals surface area contributed by atoms with E-state index in [-0.39, 0.29) is 11.7 Å². The Hall–Kier alpha value is -3.14. The Morgan fingerprint density at radius 1 is 1.09 bits per heavy atom. The smallest absolute Gasteiger partial charge is 0.169 e. The Bertz CT molecular complexity index is 1200. The lowest BCUT2D eigenvalue weighted by atomic mass is 9.86. The third-order valence-electron chi connectivity index (χ3n) is 7.33. The number of aryl methyl sites for hydroxylation is 1. The number of carbonyl (C=O) groups excluding carboxylic acids is 1. The number of anilines is 1. The molecular formula is C29H32N2O2. The van der Waals surface area contributed by atoms with Crippen LogP contribution < -0.4 is 5.32 Å². The molecule has 1 aromatic heterocycles. The summed E-state index contributed by atoms with van der Waals surface area (Å²) < 4.78 is 0. The average molecular weight is 441 g/mol. The van der Waals surface area contributed by atoms with Crippen molar-refractivity contribution in [3.8, 4) is 16.9 Å². The van der Waals surface area contributed by atoms with Gasteiger partial charge in [0.15, 0.2) is 5.78 Å². The van der Waals surface area contributed by atoms with Crippen LogP contribution in [0.4, 0.5) is 5.69 Å². The lowest BCUT2D eigenvalue weighted by Gasteiger charge is -2.29. The number of aromatic nitrogens is 1. The highest BCUT2D eigenvalue weighted by atomic mass is 16.3. The number of fused-ring (bicyclic) bond motifs is 1. The molecule has 2 aromatic carbocycles. The number of ketones is 1. The van der Waals surface area contributed by atoms with E-state index < -0.39 is 0 Å². The van der Waals surface area contributed by atoms with Crippen LogP contribution in [0.1, 0.15) is 61.4 Å². The SMILES string of the molecule is C=CC1CCC(Nc2c(C(=O)C3CC3)cnc3ccc(-c4ccc(O)c(CC)c4)cc23)CC1. The summed E-state index contributed by atoms with van der Waals surface area (Å²) in [7, 11) is 0. The van der Waals surface area contributed by atoms with Crippen LogP contribution in [0.15, 0.2) is 55.3 Å². The Morgan fingerprint density at radius 3 is 2.52 bits per heavy atom.